The lowest BCUT2D eigenvalue weighted by atomic mass is 10.2. The Morgan fingerprint density at radius 2 is 1.90 bits per heavy atom. The van der Waals surface area contributed by atoms with Gasteiger partial charge in [0.2, 0.25) is 0 Å². The Balaban J connectivity index is 2.33. The zero-order valence-electron chi connectivity index (χ0n) is 10.5. The van der Waals surface area contributed by atoms with Gasteiger partial charge in [0, 0.05) is 11.8 Å². The summed E-state index contributed by atoms with van der Waals surface area (Å²) in [6.07, 6.45) is 1.80. The molecule has 104 valence electrons. The Kier molecular flexibility index (Phi) is 4.11. The van der Waals surface area contributed by atoms with Crippen LogP contribution in [0, 0.1) is 0 Å². The molecule has 2 aromatic carbocycles. The van der Waals surface area contributed by atoms with Crippen LogP contribution in [0.2, 0.25) is 5.02 Å². The molecule has 0 amide bonds. The summed E-state index contributed by atoms with van der Waals surface area (Å²) in [5.41, 5.74) is 0.437. The molecule has 0 N–H and O–H groups in total. The first-order valence-electron chi connectivity index (χ1n) is 5.63. The van der Waals surface area contributed by atoms with Gasteiger partial charge in [0.1, 0.15) is 17.8 Å². The van der Waals surface area contributed by atoms with Gasteiger partial charge in [-0.3, -0.25) is 4.79 Å². The van der Waals surface area contributed by atoms with Crippen molar-refractivity contribution < 1.29 is 17.9 Å². The summed E-state index contributed by atoms with van der Waals surface area (Å²) in [4.78, 5) is 10.8. The molecule has 2 rings (SSSR count). The molecule has 0 atom stereocenters. The lowest BCUT2D eigenvalue weighted by Crippen LogP contribution is -1.97. The molecule has 0 heterocycles. The second kappa shape index (κ2) is 5.64. The number of halogens is 1. The molecular weight excluding hydrogens is 300 g/mol. The lowest BCUT2D eigenvalue weighted by Gasteiger charge is -2.09. The van der Waals surface area contributed by atoms with Crippen LogP contribution in [0.4, 0.5) is 0 Å². The van der Waals surface area contributed by atoms with Crippen molar-refractivity contribution in [3.05, 3.63) is 53.1 Å². The summed E-state index contributed by atoms with van der Waals surface area (Å²) in [6, 6.07) is 10.7. The molecule has 0 saturated heterocycles. The summed E-state index contributed by atoms with van der Waals surface area (Å²) in [5.74, 6) is 0.705. The third kappa shape index (κ3) is 3.37. The highest BCUT2D eigenvalue weighted by atomic mass is 35.5. The van der Waals surface area contributed by atoms with Crippen molar-refractivity contribution in [1.29, 1.82) is 0 Å². The molecule has 0 aliphatic rings. The van der Waals surface area contributed by atoms with Crippen molar-refractivity contribution >= 4 is 27.7 Å². The van der Waals surface area contributed by atoms with Crippen LogP contribution < -0.4 is 4.74 Å². The molecule has 6 heteroatoms. The second-order valence-corrected chi connectivity index (χ2v) is 6.58. The van der Waals surface area contributed by atoms with E-state index < -0.39 is 9.84 Å². The van der Waals surface area contributed by atoms with Crippen LogP contribution in [-0.4, -0.2) is 21.0 Å². The summed E-state index contributed by atoms with van der Waals surface area (Å²) in [6.45, 7) is 0. The lowest BCUT2D eigenvalue weighted by molar-refractivity contribution is 0.112. The first-order valence-corrected chi connectivity index (χ1v) is 7.90. The Morgan fingerprint density at radius 1 is 1.15 bits per heavy atom. The van der Waals surface area contributed by atoms with Crippen LogP contribution in [0.3, 0.4) is 0 Å². The Hall–Kier alpha value is -1.85. The van der Waals surface area contributed by atoms with E-state index in [9.17, 15) is 13.2 Å². The number of hydrogen-bond acceptors (Lipinski definition) is 4. The standard InChI is InChI=1S/C14H11ClO4S/c1-20(17,18)12-4-2-3-11(8-12)19-14-6-5-10(9-16)7-13(14)15/h2-9H,1H3. The average molecular weight is 311 g/mol. The molecule has 0 unspecified atom stereocenters. The zero-order chi connectivity index (χ0) is 14.8. The Morgan fingerprint density at radius 3 is 2.50 bits per heavy atom. The number of benzene rings is 2. The molecule has 0 aromatic heterocycles. The highest BCUT2D eigenvalue weighted by Crippen LogP contribution is 2.30. The van der Waals surface area contributed by atoms with Crippen molar-refractivity contribution in [3.63, 3.8) is 0 Å². The van der Waals surface area contributed by atoms with Gasteiger partial charge in [-0.15, -0.1) is 0 Å². The molecule has 0 saturated carbocycles. The molecule has 0 aliphatic heterocycles. The van der Waals surface area contributed by atoms with Gasteiger partial charge in [-0.05, 0) is 36.4 Å². The molecule has 0 spiro atoms. The van der Waals surface area contributed by atoms with Crippen molar-refractivity contribution in [1.82, 2.24) is 0 Å². The van der Waals surface area contributed by atoms with Gasteiger partial charge in [-0.25, -0.2) is 8.42 Å². The zero-order valence-corrected chi connectivity index (χ0v) is 12.1. The topological polar surface area (TPSA) is 60.4 Å². The molecule has 0 fully saturated rings. The first kappa shape index (κ1) is 14.6. The number of rotatable bonds is 4. The second-order valence-electron chi connectivity index (χ2n) is 4.16. The molecule has 0 radical (unpaired) electrons. The van der Waals surface area contributed by atoms with E-state index in [1.807, 2.05) is 0 Å². The summed E-state index contributed by atoms with van der Waals surface area (Å²) in [5, 5.41) is 0.277. The molecule has 0 aliphatic carbocycles. The maximum atomic E-state index is 11.5. The molecule has 4 nitrogen and oxygen atoms in total. The van der Waals surface area contributed by atoms with Gasteiger partial charge in [-0.1, -0.05) is 17.7 Å². The Labute approximate surface area is 121 Å². The van der Waals surface area contributed by atoms with E-state index in [2.05, 4.69) is 0 Å². The smallest absolute Gasteiger partial charge is 0.175 e. The third-order valence-electron chi connectivity index (χ3n) is 2.55. The third-order valence-corrected chi connectivity index (χ3v) is 3.96. The van der Waals surface area contributed by atoms with Crippen LogP contribution in [0.15, 0.2) is 47.4 Å². The van der Waals surface area contributed by atoms with E-state index in [0.29, 0.717) is 23.3 Å². The minimum absolute atomic E-state index is 0.163. The summed E-state index contributed by atoms with van der Waals surface area (Å²) in [7, 11) is -3.30. The maximum absolute atomic E-state index is 11.5. The van der Waals surface area contributed by atoms with Crippen LogP contribution in [0.25, 0.3) is 0 Å². The largest absolute Gasteiger partial charge is 0.456 e. The van der Waals surface area contributed by atoms with Gasteiger partial charge >= 0.3 is 0 Å². The fourth-order valence-electron chi connectivity index (χ4n) is 1.57. The quantitative estimate of drug-likeness (QED) is 0.813. The number of carbonyl (C=O) groups excluding carboxylic acids is 1. The van der Waals surface area contributed by atoms with Crippen LogP contribution in [0.1, 0.15) is 10.4 Å². The first-order chi connectivity index (χ1) is 9.40. The van der Waals surface area contributed by atoms with Crippen molar-refractivity contribution in [2.24, 2.45) is 0 Å². The fourth-order valence-corrected chi connectivity index (χ4v) is 2.45. The Bertz CT molecular complexity index is 754. The van der Waals surface area contributed by atoms with E-state index in [-0.39, 0.29) is 9.92 Å². The minimum Gasteiger partial charge on any atom is -0.456 e. The van der Waals surface area contributed by atoms with Crippen molar-refractivity contribution in [2.75, 3.05) is 6.26 Å². The van der Waals surface area contributed by atoms with Gasteiger partial charge in [0.15, 0.2) is 9.84 Å². The number of carbonyl (C=O) groups is 1. The van der Waals surface area contributed by atoms with E-state index in [0.717, 1.165) is 6.26 Å². The highest BCUT2D eigenvalue weighted by molar-refractivity contribution is 7.90. The summed E-state index contributed by atoms with van der Waals surface area (Å²) >= 11 is 5.99. The van der Waals surface area contributed by atoms with Gasteiger partial charge < -0.3 is 4.74 Å². The monoisotopic (exact) mass is 310 g/mol. The van der Waals surface area contributed by atoms with Gasteiger partial charge in [0.25, 0.3) is 0 Å². The van der Waals surface area contributed by atoms with E-state index in [1.165, 1.54) is 18.2 Å². The number of aldehydes is 1. The van der Waals surface area contributed by atoms with Crippen LogP contribution in [0.5, 0.6) is 11.5 Å². The SMILES string of the molecule is CS(=O)(=O)c1cccc(Oc2ccc(C=O)cc2Cl)c1. The number of hydrogen-bond donors (Lipinski definition) is 0. The van der Waals surface area contributed by atoms with E-state index in [1.54, 1.807) is 24.3 Å². The van der Waals surface area contributed by atoms with Crippen LogP contribution in [-0.2, 0) is 9.84 Å². The van der Waals surface area contributed by atoms with Crippen LogP contribution >= 0.6 is 11.6 Å². The number of sulfone groups is 1. The predicted molar refractivity (Wildman–Crippen MR) is 76.5 cm³/mol. The fraction of sp³-hybridized carbons (Fsp3) is 0.0714. The van der Waals surface area contributed by atoms with E-state index >= 15 is 0 Å². The number of ether oxygens (including phenoxy) is 1. The normalized spacial score (nSPS) is 11.1. The van der Waals surface area contributed by atoms with Crippen molar-refractivity contribution in [3.8, 4) is 11.5 Å². The molecule has 20 heavy (non-hydrogen) atoms. The van der Waals surface area contributed by atoms with Gasteiger partial charge in [-0.2, -0.15) is 0 Å². The maximum Gasteiger partial charge on any atom is 0.175 e. The average Bonchev–Trinajstić information content (AvgIpc) is 2.40. The van der Waals surface area contributed by atoms with Crippen molar-refractivity contribution in [2.45, 2.75) is 4.90 Å². The van der Waals surface area contributed by atoms with Gasteiger partial charge in [0.05, 0.1) is 9.92 Å². The minimum atomic E-state index is -3.30. The predicted octanol–water partition coefficient (Wildman–Crippen LogP) is 3.35. The highest BCUT2D eigenvalue weighted by Gasteiger charge is 2.09. The molecule has 0 bridgehead atoms. The molecular formula is C14H11ClO4S. The molecule has 2 aromatic rings. The van der Waals surface area contributed by atoms with E-state index in [4.69, 9.17) is 16.3 Å². The summed E-state index contributed by atoms with van der Waals surface area (Å²) < 4.78 is 28.5.